The number of Topliss-reactive ketones (excluding diaryl/α,β-unsaturated/α-hetero) is 1. The average molecular weight is 389 g/mol. The van der Waals surface area contributed by atoms with Gasteiger partial charge in [-0.2, -0.15) is 0 Å². The summed E-state index contributed by atoms with van der Waals surface area (Å²) in [7, 11) is 0. The van der Waals surface area contributed by atoms with E-state index in [2.05, 4.69) is 16.4 Å². The molecule has 1 aliphatic heterocycles. The lowest BCUT2D eigenvalue weighted by Crippen LogP contribution is -2.42. The molecule has 0 fully saturated rings. The van der Waals surface area contributed by atoms with Gasteiger partial charge in [-0.15, -0.1) is 0 Å². The zero-order chi connectivity index (χ0) is 20.2. The fraction of sp³-hybridized carbons (Fsp3) is 0.292. The summed E-state index contributed by atoms with van der Waals surface area (Å²) in [6, 6.07) is 15.7. The van der Waals surface area contributed by atoms with Gasteiger partial charge in [0.2, 0.25) is 0 Å². The molecule has 0 bridgehead atoms. The Bertz CT molecular complexity index is 964. The summed E-state index contributed by atoms with van der Waals surface area (Å²) in [5.74, 6) is -0.978. The third-order valence-corrected chi connectivity index (χ3v) is 5.57. The first-order chi connectivity index (χ1) is 14.1. The number of allylic oxidation sites excluding steroid dienone is 3. The molecule has 2 N–H and O–H groups in total. The Hall–Kier alpha value is -3.21. The number of ketones is 1. The van der Waals surface area contributed by atoms with Crippen LogP contribution in [0.3, 0.4) is 0 Å². The van der Waals surface area contributed by atoms with Crippen LogP contribution in [0.4, 0.5) is 0 Å². The SMILES string of the molecule is CC1=C(C(=O)OCCc2ccccc2)C(c2cccc[nH+]2)C2C(=O)CCC=C2N1. The number of carbonyl (C=O) groups excluding carboxylic acids is 2. The normalized spacial score (nSPS) is 21.1. The summed E-state index contributed by atoms with van der Waals surface area (Å²) in [5, 5.41) is 3.29. The van der Waals surface area contributed by atoms with Crippen LogP contribution >= 0.6 is 0 Å². The second-order valence-corrected chi connectivity index (χ2v) is 7.47. The molecule has 2 unspecified atom stereocenters. The first kappa shape index (κ1) is 19.1. The van der Waals surface area contributed by atoms with E-state index in [1.807, 2.05) is 61.7 Å². The highest BCUT2D eigenvalue weighted by Crippen LogP contribution is 2.42. The van der Waals surface area contributed by atoms with Crippen molar-refractivity contribution in [2.45, 2.75) is 32.1 Å². The van der Waals surface area contributed by atoms with E-state index in [9.17, 15) is 9.59 Å². The third-order valence-electron chi connectivity index (χ3n) is 5.57. The van der Waals surface area contributed by atoms with E-state index in [4.69, 9.17) is 4.74 Å². The molecule has 5 nitrogen and oxygen atoms in total. The molecule has 0 saturated heterocycles. The van der Waals surface area contributed by atoms with Crippen LogP contribution in [-0.2, 0) is 20.7 Å². The van der Waals surface area contributed by atoms with Gasteiger partial charge in [-0.05, 0) is 18.9 Å². The van der Waals surface area contributed by atoms with Gasteiger partial charge in [-0.3, -0.25) is 4.79 Å². The molecular formula is C24H25N2O3+. The van der Waals surface area contributed by atoms with Gasteiger partial charge in [0.05, 0.1) is 24.0 Å². The molecule has 2 aliphatic rings. The van der Waals surface area contributed by atoms with Gasteiger partial charge in [0, 0.05) is 36.4 Å². The van der Waals surface area contributed by atoms with Crippen molar-refractivity contribution in [1.82, 2.24) is 5.32 Å². The van der Waals surface area contributed by atoms with E-state index in [1.54, 1.807) is 0 Å². The molecule has 1 aromatic carbocycles. The fourth-order valence-corrected chi connectivity index (χ4v) is 4.20. The quantitative estimate of drug-likeness (QED) is 0.798. The lowest BCUT2D eigenvalue weighted by atomic mass is 9.72. The average Bonchev–Trinajstić information content (AvgIpc) is 2.74. The zero-order valence-corrected chi connectivity index (χ0v) is 16.5. The van der Waals surface area contributed by atoms with Gasteiger partial charge in [0.25, 0.3) is 0 Å². The summed E-state index contributed by atoms with van der Waals surface area (Å²) >= 11 is 0. The van der Waals surface area contributed by atoms with Gasteiger partial charge in [0.1, 0.15) is 5.78 Å². The van der Waals surface area contributed by atoms with Crippen molar-refractivity contribution < 1.29 is 19.3 Å². The van der Waals surface area contributed by atoms with E-state index < -0.39 is 0 Å². The topological polar surface area (TPSA) is 69.5 Å². The standard InChI is InChI=1S/C24H24N2O3/c1-16-21(24(28)29-15-13-17-8-3-2-4-9-17)23(18-10-5-6-14-25-18)22-19(26-16)11-7-12-20(22)27/h2-6,8-11,14,22-23,26H,7,12-13,15H2,1H3/p+1. The van der Waals surface area contributed by atoms with E-state index in [-0.39, 0.29) is 23.6 Å². The number of hydrogen-bond acceptors (Lipinski definition) is 4. The van der Waals surface area contributed by atoms with Crippen LogP contribution in [0.2, 0.25) is 0 Å². The Labute approximate surface area is 170 Å². The molecule has 4 rings (SSSR count). The van der Waals surface area contributed by atoms with Crippen molar-refractivity contribution in [3.05, 3.63) is 89.0 Å². The molecule has 5 heteroatoms. The molecule has 29 heavy (non-hydrogen) atoms. The van der Waals surface area contributed by atoms with E-state index in [1.165, 1.54) is 0 Å². The molecule has 1 aliphatic carbocycles. The van der Waals surface area contributed by atoms with Gasteiger partial charge in [-0.25, -0.2) is 9.78 Å². The Morgan fingerprint density at radius 3 is 2.69 bits per heavy atom. The smallest absolute Gasteiger partial charge is 0.336 e. The third kappa shape index (κ3) is 3.99. The number of pyridine rings is 1. The van der Waals surface area contributed by atoms with Crippen LogP contribution in [0.25, 0.3) is 0 Å². The van der Waals surface area contributed by atoms with Crippen LogP contribution in [0.5, 0.6) is 0 Å². The molecule has 2 heterocycles. The number of nitrogens with one attached hydrogen (secondary N) is 2. The molecule has 2 aromatic rings. The first-order valence-electron chi connectivity index (χ1n) is 10.0. The maximum Gasteiger partial charge on any atom is 0.336 e. The number of carbonyl (C=O) groups is 2. The number of ether oxygens (including phenoxy) is 1. The highest BCUT2D eigenvalue weighted by Gasteiger charge is 2.45. The predicted molar refractivity (Wildman–Crippen MR) is 108 cm³/mol. The minimum atomic E-state index is -0.386. The van der Waals surface area contributed by atoms with Crippen LogP contribution in [-0.4, -0.2) is 18.4 Å². The Balaban J connectivity index is 1.62. The number of aromatic nitrogens is 1. The van der Waals surface area contributed by atoms with Crippen molar-refractivity contribution in [3.63, 3.8) is 0 Å². The maximum absolute atomic E-state index is 13.1. The summed E-state index contributed by atoms with van der Waals surface area (Å²) in [6.07, 6.45) is 5.77. The summed E-state index contributed by atoms with van der Waals surface area (Å²) in [5.41, 5.74) is 4.12. The van der Waals surface area contributed by atoms with Gasteiger partial charge < -0.3 is 10.1 Å². The largest absolute Gasteiger partial charge is 0.462 e. The Kier molecular flexibility index (Phi) is 5.56. The monoisotopic (exact) mass is 389 g/mol. The van der Waals surface area contributed by atoms with E-state index >= 15 is 0 Å². The minimum absolute atomic E-state index is 0.152. The van der Waals surface area contributed by atoms with Crippen molar-refractivity contribution >= 4 is 11.8 Å². The molecule has 0 radical (unpaired) electrons. The molecule has 0 amide bonds. The fourth-order valence-electron chi connectivity index (χ4n) is 4.20. The number of H-pyrrole nitrogens is 1. The Morgan fingerprint density at radius 1 is 1.14 bits per heavy atom. The number of hydrogen-bond donors (Lipinski definition) is 1. The van der Waals surface area contributed by atoms with Crippen molar-refractivity contribution in [2.24, 2.45) is 5.92 Å². The number of rotatable bonds is 5. The molecular weight excluding hydrogens is 364 g/mol. The highest BCUT2D eigenvalue weighted by atomic mass is 16.5. The molecule has 1 aromatic heterocycles. The van der Waals surface area contributed by atoms with Crippen molar-refractivity contribution in [3.8, 4) is 0 Å². The number of benzene rings is 1. The predicted octanol–water partition coefficient (Wildman–Crippen LogP) is 3.11. The maximum atomic E-state index is 13.1. The minimum Gasteiger partial charge on any atom is -0.462 e. The van der Waals surface area contributed by atoms with Gasteiger partial charge >= 0.3 is 5.97 Å². The van der Waals surface area contributed by atoms with Gasteiger partial charge in [0.15, 0.2) is 11.9 Å². The number of aromatic amines is 1. The summed E-state index contributed by atoms with van der Waals surface area (Å²) < 4.78 is 5.64. The van der Waals surface area contributed by atoms with Crippen LogP contribution in [0.15, 0.2) is 77.8 Å². The van der Waals surface area contributed by atoms with E-state index in [0.29, 0.717) is 25.0 Å². The lowest BCUT2D eigenvalue weighted by Gasteiger charge is -2.35. The van der Waals surface area contributed by atoms with Crippen LogP contribution < -0.4 is 10.3 Å². The highest BCUT2D eigenvalue weighted by molar-refractivity contribution is 5.95. The van der Waals surface area contributed by atoms with Crippen molar-refractivity contribution in [2.75, 3.05) is 6.61 Å². The second-order valence-electron chi connectivity index (χ2n) is 7.47. The summed E-state index contributed by atoms with van der Waals surface area (Å²) in [4.78, 5) is 29.1. The molecule has 0 spiro atoms. The Morgan fingerprint density at radius 2 is 1.93 bits per heavy atom. The van der Waals surface area contributed by atoms with Crippen LogP contribution in [0.1, 0.15) is 36.9 Å². The molecule has 148 valence electrons. The first-order valence-corrected chi connectivity index (χ1v) is 10.0. The second kappa shape index (κ2) is 8.43. The van der Waals surface area contributed by atoms with Gasteiger partial charge in [-0.1, -0.05) is 42.5 Å². The van der Waals surface area contributed by atoms with Crippen LogP contribution in [0, 0.1) is 5.92 Å². The number of esters is 1. The van der Waals surface area contributed by atoms with E-state index in [0.717, 1.165) is 29.1 Å². The summed E-state index contributed by atoms with van der Waals surface area (Å²) in [6.45, 7) is 2.17. The number of fused-ring (bicyclic) bond motifs is 1. The van der Waals surface area contributed by atoms with Crippen molar-refractivity contribution in [1.29, 1.82) is 0 Å². The molecule has 2 atom stereocenters. The lowest BCUT2D eigenvalue weighted by molar-refractivity contribution is -0.392. The zero-order valence-electron chi connectivity index (χ0n) is 16.5. The molecule has 0 saturated carbocycles.